The first-order valence-corrected chi connectivity index (χ1v) is 8.01. The fourth-order valence-electron chi connectivity index (χ4n) is 2.90. The topological polar surface area (TPSA) is 78.7 Å². The third kappa shape index (κ3) is 3.20. The van der Waals surface area contributed by atoms with E-state index in [4.69, 9.17) is 23.8 Å². The summed E-state index contributed by atoms with van der Waals surface area (Å²) in [5.41, 5.74) is 1.99. The van der Waals surface area contributed by atoms with Crippen LogP contribution in [0, 0.1) is 0 Å². The van der Waals surface area contributed by atoms with Crippen molar-refractivity contribution in [2.45, 2.75) is 12.5 Å². The number of phenols is 1. The summed E-state index contributed by atoms with van der Waals surface area (Å²) in [6, 6.07) is 8.79. The molecule has 0 amide bonds. The highest BCUT2D eigenvalue weighted by atomic mass is 16.6. The van der Waals surface area contributed by atoms with Crippen molar-refractivity contribution >= 4 is 5.71 Å². The van der Waals surface area contributed by atoms with E-state index in [2.05, 4.69) is 5.16 Å². The number of oxime groups is 1. The maximum absolute atomic E-state index is 10.4. The van der Waals surface area contributed by atoms with Crippen molar-refractivity contribution in [1.29, 1.82) is 0 Å². The fraction of sp³-hybridized carbons (Fsp3) is 0.316. The lowest BCUT2D eigenvalue weighted by molar-refractivity contribution is 0.0855. The number of ether oxygens (including phenoxy) is 4. The molecule has 0 spiro atoms. The SMILES string of the molecule is COc1cc(O)c(C2=NOC(c3ccc(OC)c(OC)c3)C2)c(OC)c1. The van der Waals surface area contributed by atoms with Gasteiger partial charge in [-0.25, -0.2) is 0 Å². The molecule has 1 N–H and O–H groups in total. The molecule has 1 aliphatic heterocycles. The van der Waals surface area contributed by atoms with Gasteiger partial charge in [-0.05, 0) is 17.7 Å². The van der Waals surface area contributed by atoms with Crippen LogP contribution in [0.15, 0.2) is 35.5 Å². The van der Waals surface area contributed by atoms with Crippen molar-refractivity contribution < 1.29 is 28.9 Å². The molecular formula is C19H21NO6. The van der Waals surface area contributed by atoms with Crippen LogP contribution in [0.2, 0.25) is 0 Å². The number of hydrogen-bond donors (Lipinski definition) is 1. The second-order valence-electron chi connectivity index (χ2n) is 5.67. The molecule has 2 aromatic carbocycles. The third-order valence-corrected chi connectivity index (χ3v) is 4.25. The van der Waals surface area contributed by atoms with Crippen LogP contribution < -0.4 is 18.9 Å². The maximum Gasteiger partial charge on any atom is 0.161 e. The smallest absolute Gasteiger partial charge is 0.161 e. The molecule has 7 nitrogen and oxygen atoms in total. The van der Waals surface area contributed by atoms with Gasteiger partial charge >= 0.3 is 0 Å². The predicted octanol–water partition coefficient (Wildman–Crippen LogP) is 3.29. The molecule has 1 aliphatic rings. The molecule has 138 valence electrons. The monoisotopic (exact) mass is 359 g/mol. The van der Waals surface area contributed by atoms with E-state index >= 15 is 0 Å². The lowest BCUT2D eigenvalue weighted by Crippen LogP contribution is -2.05. The lowest BCUT2D eigenvalue weighted by Gasteiger charge is -2.13. The number of aromatic hydroxyl groups is 1. The summed E-state index contributed by atoms with van der Waals surface area (Å²) in [5, 5.41) is 14.5. The Morgan fingerprint density at radius 3 is 2.31 bits per heavy atom. The minimum atomic E-state index is -0.295. The van der Waals surface area contributed by atoms with Crippen molar-refractivity contribution in [1.82, 2.24) is 0 Å². The van der Waals surface area contributed by atoms with Crippen LogP contribution in [-0.4, -0.2) is 39.3 Å². The number of phenolic OH excluding ortho intramolecular Hbond substituents is 1. The van der Waals surface area contributed by atoms with E-state index in [9.17, 15) is 5.11 Å². The molecule has 26 heavy (non-hydrogen) atoms. The van der Waals surface area contributed by atoms with E-state index in [1.165, 1.54) is 20.3 Å². The Balaban J connectivity index is 1.87. The van der Waals surface area contributed by atoms with Gasteiger partial charge in [0.1, 0.15) is 17.2 Å². The van der Waals surface area contributed by atoms with Crippen molar-refractivity contribution in [2.24, 2.45) is 5.16 Å². The number of benzene rings is 2. The predicted molar refractivity (Wildman–Crippen MR) is 95.7 cm³/mol. The molecule has 0 saturated carbocycles. The first-order valence-electron chi connectivity index (χ1n) is 8.01. The Kier molecular flexibility index (Phi) is 5.06. The van der Waals surface area contributed by atoms with E-state index in [-0.39, 0.29) is 11.9 Å². The largest absolute Gasteiger partial charge is 0.507 e. The summed E-state index contributed by atoms with van der Waals surface area (Å²) in [6.45, 7) is 0. The van der Waals surface area contributed by atoms with Crippen LogP contribution in [0.4, 0.5) is 0 Å². The van der Waals surface area contributed by atoms with Gasteiger partial charge in [-0.1, -0.05) is 11.2 Å². The van der Waals surface area contributed by atoms with Crippen LogP contribution in [0.1, 0.15) is 23.7 Å². The maximum atomic E-state index is 10.4. The zero-order valence-electron chi connectivity index (χ0n) is 15.1. The van der Waals surface area contributed by atoms with Gasteiger partial charge in [0.25, 0.3) is 0 Å². The minimum absolute atomic E-state index is 0.0245. The summed E-state index contributed by atoms with van der Waals surface area (Å²) in [4.78, 5) is 5.58. The molecule has 1 heterocycles. The fourth-order valence-corrected chi connectivity index (χ4v) is 2.90. The van der Waals surface area contributed by atoms with E-state index in [1.807, 2.05) is 18.2 Å². The molecule has 0 saturated heterocycles. The Hall–Kier alpha value is -3.09. The normalized spacial score (nSPS) is 15.8. The highest BCUT2D eigenvalue weighted by Crippen LogP contribution is 2.40. The molecule has 1 atom stereocenters. The highest BCUT2D eigenvalue weighted by Gasteiger charge is 2.29. The van der Waals surface area contributed by atoms with E-state index in [1.54, 1.807) is 20.3 Å². The van der Waals surface area contributed by atoms with E-state index in [0.29, 0.717) is 40.7 Å². The minimum Gasteiger partial charge on any atom is -0.507 e. The summed E-state index contributed by atoms with van der Waals surface area (Å²) in [7, 11) is 6.22. The molecule has 0 radical (unpaired) electrons. The van der Waals surface area contributed by atoms with Gasteiger partial charge in [0.2, 0.25) is 0 Å². The summed E-state index contributed by atoms with van der Waals surface area (Å²) in [5.74, 6) is 2.25. The average Bonchev–Trinajstić information content (AvgIpc) is 3.16. The summed E-state index contributed by atoms with van der Waals surface area (Å²) >= 11 is 0. The van der Waals surface area contributed by atoms with Gasteiger partial charge in [-0.2, -0.15) is 0 Å². The number of hydrogen-bond acceptors (Lipinski definition) is 7. The van der Waals surface area contributed by atoms with E-state index < -0.39 is 0 Å². The number of rotatable bonds is 6. The summed E-state index contributed by atoms with van der Waals surface area (Å²) < 4.78 is 21.1. The van der Waals surface area contributed by atoms with Crippen LogP contribution >= 0.6 is 0 Å². The molecule has 7 heteroatoms. The van der Waals surface area contributed by atoms with Gasteiger partial charge in [0.05, 0.1) is 39.7 Å². The number of methoxy groups -OCH3 is 4. The van der Waals surface area contributed by atoms with Crippen LogP contribution in [0.3, 0.4) is 0 Å². The van der Waals surface area contributed by atoms with E-state index in [0.717, 1.165) is 5.56 Å². The molecule has 1 unspecified atom stereocenters. The quantitative estimate of drug-likeness (QED) is 0.853. The zero-order chi connectivity index (χ0) is 18.7. The molecule has 3 rings (SSSR count). The van der Waals surface area contributed by atoms with Crippen molar-refractivity contribution in [3.63, 3.8) is 0 Å². The second-order valence-corrected chi connectivity index (χ2v) is 5.67. The third-order valence-electron chi connectivity index (χ3n) is 4.25. The highest BCUT2D eigenvalue weighted by molar-refractivity contribution is 6.06. The van der Waals surface area contributed by atoms with Gasteiger partial charge in [-0.15, -0.1) is 0 Å². The molecule has 0 aromatic heterocycles. The van der Waals surface area contributed by atoms with Crippen molar-refractivity contribution in [2.75, 3.05) is 28.4 Å². The molecule has 0 fully saturated rings. The summed E-state index contributed by atoms with van der Waals surface area (Å²) in [6.07, 6.45) is 0.183. The van der Waals surface area contributed by atoms with Crippen molar-refractivity contribution in [3.8, 4) is 28.7 Å². The number of nitrogens with zero attached hydrogens (tertiary/aromatic N) is 1. The van der Waals surface area contributed by atoms with Crippen LogP contribution in [0.25, 0.3) is 0 Å². The second kappa shape index (κ2) is 7.43. The molecule has 2 aromatic rings. The first kappa shape index (κ1) is 17.7. The Labute approximate surface area is 151 Å². The van der Waals surface area contributed by atoms with Gasteiger partial charge < -0.3 is 28.9 Å². The average molecular weight is 359 g/mol. The zero-order valence-corrected chi connectivity index (χ0v) is 15.1. The van der Waals surface area contributed by atoms with Gasteiger partial charge in [0.15, 0.2) is 17.6 Å². The van der Waals surface area contributed by atoms with Gasteiger partial charge in [-0.3, -0.25) is 0 Å². The van der Waals surface area contributed by atoms with Crippen molar-refractivity contribution in [3.05, 3.63) is 41.5 Å². The standard InChI is InChI=1S/C19H21NO6/c1-22-12-8-14(21)19(18(9-12)25-4)13-10-16(26-20-13)11-5-6-15(23-2)17(7-11)24-3/h5-9,16,21H,10H2,1-4H3. The Bertz CT molecular complexity index is 833. The Morgan fingerprint density at radius 2 is 1.65 bits per heavy atom. The van der Waals surface area contributed by atoms with Gasteiger partial charge in [0, 0.05) is 18.6 Å². The molecule has 0 aliphatic carbocycles. The molecule has 0 bridgehead atoms. The first-order chi connectivity index (χ1) is 12.6. The van der Waals surface area contributed by atoms with Crippen LogP contribution in [0.5, 0.6) is 28.7 Å². The molecular weight excluding hydrogens is 338 g/mol. The lowest BCUT2D eigenvalue weighted by atomic mass is 9.98. The van der Waals surface area contributed by atoms with Crippen LogP contribution in [-0.2, 0) is 4.84 Å². The Morgan fingerprint density at radius 1 is 0.923 bits per heavy atom.